The van der Waals surface area contributed by atoms with E-state index >= 15 is 0 Å². The Hall–Kier alpha value is -0.240. The first-order chi connectivity index (χ1) is 10.2. The quantitative estimate of drug-likeness (QED) is 0.637. The van der Waals surface area contributed by atoms with Crippen molar-refractivity contribution < 1.29 is 0 Å². The third-order valence-corrected chi connectivity index (χ3v) is 5.38. The molecule has 0 amide bonds. The lowest BCUT2D eigenvalue weighted by molar-refractivity contribution is 0.244. The molecule has 0 saturated heterocycles. The van der Waals surface area contributed by atoms with E-state index in [1.807, 2.05) is 12.1 Å². The van der Waals surface area contributed by atoms with Crippen molar-refractivity contribution in [3.63, 3.8) is 0 Å². The van der Waals surface area contributed by atoms with Crippen LogP contribution in [0.5, 0.6) is 0 Å². The fraction of sp³-hybridized carbons (Fsp3) is 0.667. The predicted octanol–water partition coefficient (Wildman–Crippen LogP) is 6.39. The number of nitrogens with one attached hydrogen (secondary N) is 1. The number of hydrogen-bond acceptors (Lipinski definition) is 1. The summed E-state index contributed by atoms with van der Waals surface area (Å²) in [6.07, 6.45) is 9.17. The van der Waals surface area contributed by atoms with Crippen molar-refractivity contribution in [3.8, 4) is 0 Å². The van der Waals surface area contributed by atoms with Crippen molar-refractivity contribution in [2.45, 2.75) is 70.9 Å². The van der Waals surface area contributed by atoms with Crippen LogP contribution in [0, 0.1) is 5.92 Å². The molecule has 2 rings (SSSR count). The summed E-state index contributed by atoms with van der Waals surface area (Å²) in [5, 5.41) is 5.36. The van der Waals surface area contributed by atoms with Crippen LogP contribution in [0.3, 0.4) is 0 Å². The van der Waals surface area contributed by atoms with E-state index in [1.165, 1.54) is 44.1 Å². The van der Waals surface area contributed by atoms with Crippen LogP contribution in [0.1, 0.15) is 70.4 Å². The van der Waals surface area contributed by atoms with Gasteiger partial charge < -0.3 is 5.32 Å². The van der Waals surface area contributed by atoms with E-state index in [0.717, 1.165) is 17.4 Å². The second-order valence-electron chi connectivity index (χ2n) is 6.21. The maximum atomic E-state index is 6.39. The van der Waals surface area contributed by atoms with Crippen LogP contribution in [0.15, 0.2) is 18.2 Å². The Labute approximate surface area is 139 Å². The van der Waals surface area contributed by atoms with E-state index in [2.05, 4.69) is 25.2 Å². The molecule has 0 bridgehead atoms. The van der Waals surface area contributed by atoms with E-state index < -0.39 is 0 Å². The van der Waals surface area contributed by atoms with Gasteiger partial charge in [-0.05, 0) is 49.3 Å². The number of hydrogen-bond donors (Lipinski definition) is 1. The highest BCUT2D eigenvalue weighted by Crippen LogP contribution is 2.32. The molecular formula is C18H27Cl2N. The van der Waals surface area contributed by atoms with Crippen LogP contribution >= 0.6 is 23.2 Å². The van der Waals surface area contributed by atoms with Crippen LogP contribution in [-0.4, -0.2) is 6.04 Å². The molecule has 1 saturated carbocycles. The van der Waals surface area contributed by atoms with Gasteiger partial charge in [0.05, 0.1) is 0 Å². The Morgan fingerprint density at radius 2 is 1.81 bits per heavy atom. The average molecular weight is 328 g/mol. The summed E-state index contributed by atoms with van der Waals surface area (Å²) in [5.74, 6) is 0.823. The molecule has 0 spiro atoms. The molecular weight excluding hydrogens is 301 g/mol. The summed E-state index contributed by atoms with van der Waals surface area (Å²) < 4.78 is 0. The van der Waals surface area contributed by atoms with E-state index in [1.54, 1.807) is 0 Å². The van der Waals surface area contributed by atoms with Gasteiger partial charge in [0, 0.05) is 22.1 Å². The number of benzene rings is 1. The molecule has 0 aromatic heterocycles. The molecule has 0 aliphatic heterocycles. The topological polar surface area (TPSA) is 12.0 Å². The van der Waals surface area contributed by atoms with Crippen LogP contribution in [0.4, 0.5) is 0 Å². The molecule has 21 heavy (non-hydrogen) atoms. The second kappa shape index (κ2) is 8.41. The van der Waals surface area contributed by atoms with E-state index in [-0.39, 0.29) is 0 Å². The minimum atomic E-state index is 0.321. The smallest absolute Gasteiger partial charge is 0.0468 e. The first-order valence-electron chi connectivity index (χ1n) is 8.36. The zero-order valence-electron chi connectivity index (χ0n) is 13.2. The van der Waals surface area contributed by atoms with E-state index in [0.29, 0.717) is 17.1 Å². The largest absolute Gasteiger partial charge is 0.307 e. The van der Waals surface area contributed by atoms with Gasteiger partial charge in [-0.2, -0.15) is 0 Å². The molecule has 2 unspecified atom stereocenters. The van der Waals surface area contributed by atoms with Crippen molar-refractivity contribution in [1.29, 1.82) is 0 Å². The van der Waals surface area contributed by atoms with Crippen LogP contribution in [0.25, 0.3) is 0 Å². The normalized spacial score (nSPS) is 19.4. The van der Waals surface area contributed by atoms with E-state index in [9.17, 15) is 0 Å². The van der Waals surface area contributed by atoms with Gasteiger partial charge >= 0.3 is 0 Å². The van der Waals surface area contributed by atoms with Gasteiger partial charge in [0.25, 0.3) is 0 Å². The van der Waals surface area contributed by atoms with Crippen LogP contribution < -0.4 is 5.32 Å². The maximum Gasteiger partial charge on any atom is 0.0468 e. The van der Waals surface area contributed by atoms with Gasteiger partial charge in [0.2, 0.25) is 0 Å². The molecule has 1 aromatic rings. The predicted molar refractivity (Wildman–Crippen MR) is 93.3 cm³/mol. The van der Waals surface area contributed by atoms with Gasteiger partial charge in [0.1, 0.15) is 0 Å². The highest BCUT2D eigenvalue weighted by atomic mass is 35.5. The molecule has 1 nitrogen and oxygen atoms in total. The SMILES string of the molecule is CCC(NC(CC)C1CCCCC1)c1ccc(Cl)cc1Cl. The zero-order valence-corrected chi connectivity index (χ0v) is 14.7. The number of halogens is 2. The first kappa shape index (κ1) is 17.1. The van der Waals surface area contributed by atoms with Gasteiger partial charge in [-0.3, -0.25) is 0 Å². The Morgan fingerprint density at radius 1 is 1.10 bits per heavy atom. The lowest BCUT2D eigenvalue weighted by Gasteiger charge is -2.33. The Balaban J connectivity index is 2.09. The summed E-state index contributed by atoms with van der Waals surface area (Å²) in [7, 11) is 0. The van der Waals surface area contributed by atoms with Crippen molar-refractivity contribution in [2.24, 2.45) is 5.92 Å². The lowest BCUT2D eigenvalue weighted by Crippen LogP contribution is -2.39. The summed E-state index contributed by atoms with van der Waals surface area (Å²) in [6.45, 7) is 4.51. The van der Waals surface area contributed by atoms with Gasteiger partial charge in [0.15, 0.2) is 0 Å². The highest BCUT2D eigenvalue weighted by Gasteiger charge is 2.25. The molecule has 1 fully saturated rings. The standard InChI is InChI=1S/C18H27Cl2N/c1-3-17(13-8-6-5-7-9-13)21-18(4-2)15-11-10-14(19)12-16(15)20/h10-13,17-18,21H,3-9H2,1-2H3. The molecule has 3 heteroatoms. The van der Waals surface area contributed by atoms with Gasteiger partial charge in [-0.1, -0.05) is 62.4 Å². The molecule has 2 atom stereocenters. The summed E-state index contributed by atoms with van der Waals surface area (Å²) in [4.78, 5) is 0. The van der Waals surface area contributed by atoms with Crippen molar-refractivity contribution >= 4 is 23.2 Å². The summed E-state index contributed by atoms with van der Waals surface area (Å²) >= 11 is 12.4. The van der Waals surface area contributed by atoms with Crippen LogP contribution in [-0.2, 0) is 0 Å². The summed E-state index contributed by atoms with van der Waals surface area (Å²) in [5.41, 5.74) is 1.18. The minimum absolute atomic E-state index is 0.321. The molecule has 1 N–H and O–H groups in total. The molecule has 0 heterocycles. The van der Waals surface area contributed by atoms with Crippen LogP contribution in [0.2, 0.25) is 10.0 Å². The lowest BCUT2D eigenvalue weighted by atomic mass is 9.82. The van der Waals surface area contributed by atoms with Crippen molar-refractivity contribution in [3.05, 3.63) is 33.8 Å². The van der Waals surface area contributed by atoms with Crippen molar-refractivity contribution in [2.75, 3.05) is 0 Å². The van der Waals surface area contributed by atoms with Gasteiger partial charge in [-0.15, -0.1) is 0 Å². The molecule has 1 aliphatic rings. The Morgan fingerprint density at radius 3 is 2.38 bits per heavy atom. The Kier molecular flexibility index (Phi) is 6.85. The molecule has 118 valence electrons. The number of rotatable bonds is 6. The zero-order chi connectivity index (χ0) is 15.2. The maximum absolute atomic E-state index is 6.39. The molecule has 1 aliphatic carbocycles. The highest BCUT2D eigenvalue weighted by molar-refractivity contribution is 6.35. The second-order valence-corrected chi connectivity index (χ2v) is 7.05. The fourth-order valence-corrected chi connectivity index (χ4v) is 4.13. The molecule has 0 radical (unpaired) electrons. The minimum Gasteiger partial charge on any atom is -0.307 e. The first-order valence-corrected chi connectivity index (χ1v) is 9.12. The third kappa shape index (κ3) is 4.61. The van der Waals surface area contributed by atoms with Gasteiger partial charge in [-0.25, -0.2) is 0 Å². The average Bonchev–Trinajstić information content (AvgIpc) is 2.50. The Bertz CT molecular complexity index is 441. The fourth-order valence-electron chi connectivity index (χ4n) is 3.59. The molecule has 1 aromatic carbocycles. The van der Waals surface area contributed by atoms with E-state index in [4.69, 9.17) is 23.2 Å². The summed E-state index contributed by atoms with van der Waals surface area (Å²) in [6, 6.07) is 6.78. The monoisotopic (exact) mass is 327 g/mol. The van der Waals surface area contributed by atoms with Crippen molar-refractivity contribution in [1.82, 2.24) is 5.32 Å². The third-order valence-electron chi connectivity index (χ3n) is 4.82.